The second kappa shape index (κ2) is 3.23. The van der Waals surface area contributed by atoms with Crippen LogP contribution in [0.15, 0.2) is 18.3 Å². The van der Waals surface area contributed by atoms with E-state index in [4.69, 9.17) is 0 Å². The van der Waals surface area contributed by atoms with Crippen LogP contribution >= 0.6 is 0 Å². The first-order valence-corrected chi connectivity index (χ1v) is 4.53. The predicted octanol–water partition coefficient (Wildman–Crippen LogP) is 0.364. The molecule has 74 valence electrons. The van der Waals surface area contributed by atoms with Gasteiger partial charge in [0.1, 0.15) is 11.5 Å². The number of fused-ring (bicyclic) bond motifs is 1. The van der Waals surface area contributed by atoms with Gasteiger partial charge in [-0.15, -0.1) is 0 Å². The molecule has 0 fully saturated rings. The number of hydrogen-bond donors (Lipinski definition) is 4. The van der Waals surface area contributed by atoms with Crippen molar-refractivity contribution in [3.05, 3.63) is 23.9 Å². The monoisotopic (exact) mass is 193 g/mol. The summed E-state index contributed by atoms with van der Waals surface area (Å²) in [5.74, 6) is 0.162. The topological polar surface area (TPSA) is 83.9 Å². The molecule has 1 aromatic carbocycles. The highest BCUT2D eigenvalue weighted by molar-refractivity contribution is 5.89. The fourth-order valence-corrected chi connectivity index (χ4v) is 1.65. The van der Waals surface area contributed by atoms with Crippen LogP contribution in [0.2, 0.25) is 0 Å². The zero-order valence-corrected chi connectivity index (χ0v) is 7.75. The average Bonchev–Trinajstić information content (AvgIpc) is 2.49. The number of aromatic nitrogens is 1. The highest BCUT2D eigenvalue weighted by Crippen LogP contribution is 2.30. The van der Waals surface area contributed by atoms with Gasteiger partial charge in [0.2, 0.25) is 0 Å². The van der Waals surface area contributed by atoms with Crippen LogP contribution in [-0.2, 0) is 6.42 Å². The molecule has 6 N–H and O–H groups in total. The fourth-order valence-electron chi connectivity index (χ4n) is 1.65. The molecular formula is C10H13N2O2+. The van der Waals surface area contributed by atoms with Crippen molar-refractivity contribution in [1.82, 2.24) is 4.98 Å². The second-order valence-electron chi connectivity index (χ2n) is 3.30. The molecule has 0 bridgehead atoms. The third kappa shape index (κ3) is 1.29. The summed E-state index contributed by atoms with van der Waals surface area (Å²) in [6.07, 6.45) is 2.68. The van der Waals surface area contributed by atoms with E-state index in [1.807, 2.05) is 6.20 Å². The predicted molar refractivity (Wildman–Crippen MR) is 53.1 cm³/mol. The number of nitrogens with one attached hydrogen (secondary N) is 1. The van der Waals surface area contributed by atoms with Gasteiger partial charge in [-0.1, -0.05) is 0 Å². The number of phenols is 2. The number of H-pyrrole nitrogens is 1. The van der Waals surface area contributed by atoms with Crippen LogP contribution in [0, 0.1) is 0 Å². The smallest absolute Gasteiger partial charge is 0.143 e. The molecule has 4 nitrogen and oxygen atoms in total. The van der Waals surface area contributed by atoms with Crippen molar-refractivity contribution in [1.29, 1.82) is 0 Å². The summed E-state index contributed by atoms with van der Waals surface area (Å²) in [7, 11) is 0. The molecule has 1 aromatic heterocycles. The quantitative estimate of drug-likeness (QED) is 0.555. The van der Waals surface area contributed by atoms with Crippen LogP contribution in [0.4, 0.5) is 0 Å². The van der Waals surface area contributed by atoms with E-state index in [1.54, 1.807) is 6.07 Å². The van der Waals surface area contributed by atoms with E-state index in [0.29, 0.717) is 5.52 Å². The maximum absolute atomic E-state index is 9.53. The largest absolute Gasteiger partial charge is 0.508 e. The minimum absolute atomic E-state index is 0.0790. The lowest BCUT2D eigenvalue weighted by Gasteiger charge is -1.98. The van der Waals surface area contributed by atoms with E-state index in [2.05, 4.69) is 10.7 Å². The van der Waals surface area contributed by atoms with Crippen molar-refractivity contribution in [3.8, 4) is 11.5 Å². The molecule has 0 aliphatic carbocycles. The van der Waals surface area contributed by atoms with Gasteiger partial charge >= 0.3 is 0 Å². The van der Waals surface area contributed by atoms with Gasteiger partial charge in [0.15, 0.2) is 0 Å². The SMILES string of the molecule is [NH3+]CCc1c[nH]c2c(O)cc(O)cc12. The van der Waals surface area contributed by atoms with Crippen LogP contribution in [0.3, 0.4) is 0 Å². The first-order chi connectivity index (χ1) is 6.72. The molecule has 1 heterocycles. The Hall–Kier alpha value is -1.68. The summed E-state index contributed by atoms with van der Waals surface area (Å²) in [6.45, 7) is 0.795. The summed E-state index contributed by atoms with van der Waals surface area (Å²) in [5, 5.41) is 19.7. The molecule has 2 rings (SSSR count). The summed E-state index contributed by atoms with van der Waals surface area (Å²) in [4.78, 5) is 2.98. The highest BCUT2D eigenvalue weighted by Gasteiger charge is 2.08. The molecule has 0 aliphatic rings. The lowest BCUT2D eigenvalue weighted by Crippen LogP contribution is -2.51. The van der Waals surface area contributed by atoms with Crippen LogP contribution in [-0.4, -0.2) is 21.7 Å². The normalized spacial score (nSPS) is 10.9. The Labute approximate surface area is 81.0 Å². The Morgan fingerprint density at radius 3 is 2.79 bits per heavy atom. The number of quaternary nitrogens is 1. The van der Waals surface area contributed by atoms with Crippen LogP contribution in [0.1, 0.15) is 5.56 Å². The average molecular weight is 193 g/mol. The standard InChI is InChI=1S/C10H12N2O2/c11-2-1-6-5-12-10-8(6)3-7(13)4-9(10)14/h3-5,12-14H,1-2,11H2/p+1. The van der Waals surface area contributed by atoms with Crippen LogP contribution in [0.25, 0.3) is 10.9 Å². The number of benzene rings is 1. The van der Waals surface area contributed by atoms with Crippen molar-refractivity contribution < 1.29 is 15.9 Å². The van der Waals surface area contributed by atoms with E-state index in [9.17, 15) is 10.2 Å². The van der Waals surface area contributed by atoms with Gasteiger partial charge in [-0.25, -0.2) is 0 Å². The third-order valence-corrected chi connectivity index (χ3v) is 2.29. The lowest BCUT2D eigenvalue weighted by atomic mass is 10.1. The first-order valence-electron chi connectivity index (χ1n) is 4.53. The molecule has 0 radical (unpaired) electrons. The summed E-state index contributed by atoms with van der Waals surface area (Å²) < 4.78 is 0. The molecule has 0 amide bonds. The minimum atomic E-state index is 0.0790. The summed E-state index contributed by atoms with van der Waals surface area (Å²) in [5.41, 5.74) is 5.52. The number of aromatic amines is 1. The number of hydrogen-bond acceptors (Lipinski definition) is 2. The van der Waals surface area contributed by atoms with E-state index in [0.717, 1.165) is 23.9 Å². The van der Waals surface area contributed by atoms with E-state index >= 15 is 0 Å². The maximum Gasteiger partial charge on any atom is 0.143 e. The van der Waals surface area contributed by atoms with E-state index in [1.165, 1.54) is 6.07 Å². The summed E-state index contributed by atoms with van der Waals surface area (Å²) >= 11 is 0. The maximum atomic E-state index is 9.53. The van der Waals surface area contributed by atoms with Gasteiger partial charge in [-0.3, -0.25) is 0 Å². The fraction of sp³-hybridized carbons (Fsp3) is 0.200. The van der Waals surface area contributed by atoms with E-state index in [-0.39, 0.29) is 11.5 Å². The molecule has 0 unspecified atom stereocenters. The Morgan fingerprint density at radius 1 is 1.29 bits per heavy atom. The second-order valence-corrected chi connectivity index (χ2v) is 3.30. The van der Waals surface area contributed by atoms with Gasteiger partial charge in [0, 0.05) is 24.1 Å². The zero-order chi connectivity index (χ0) is 10.1. The molecule has 0 spiro atoms. The number of phenolic OH excluding ortho intramolecular Hbond substituents is 2. The van der Waals surface area contributed by atoms with Crippen molar-refractivity contribution >= 4 is 10.9 Å². The highest BCUT2D eigenvalue weighted by atomic mass is 16.3. The Kier molecular flexibility index (Phi) is 2.05. The van der Waals surface area contributed by atoms with Crippen molar-refractivity contribution in [2.24, 2.45) is 0 Å². The molecule has 0 atom stereocenters. The zero-order valence-electron chi connectivity index (χ0n) is 7.75. The molecular weight excluding hydrogens is 180 g/mol. The third-order valence-electron chi connectivity index (χ3n) is 2.29. The van der Waals surface area contributed by atoms with Crippen molar-refractivity contribution in [2.45, 2.75) is 6.42 Å². The Balaban J connectivity index is 2.66. The van der Waals surface area contributed by atoms with Crippen molar-refractivity contribution in [3.63, 3.8) is 0 Å². The van der Waals surface area contributed by atoms with Crippen LogP contribution in [0.5, 0.6) is 11.5 Å². The lowest BCUT2D eigenvalue weighted by molar-refractivity contribution is -0.366. The molecule has 0 saturated heterocycles. The van der Waals surface area contributed by atoms with Gasteiger partial charge in [-0.2, -0.15) is 0 Å². The minimum Gasteiger partial charge on any atom is -0.508 e. The Morgan fingerprint density at radius 2 is 2.07 bits per heavy atom. The van der Waals surface area contributed by atoms with Gasteiger partial charge in [0.25, 0.3) is 0 Å². The first kappa shape index (κ1) is 8.90. The molecule has 0 aliphatic heterocycles. The number of aromatic hydroxyl groups is 2. The number of rotatable bonds is 2. The molecule has 0 saturated carbocycles. The van der Waals surface area contributed by atoms with Gasteiger partial charge in [0.05, 0.1) is 12.1 Å². The van der Waals surface area contributed by atoms with Gasteiger partial charge in [-0.05, 0) is 11.6 Å². The van der Waals surface area contributed by atoms with Crippen molar-refractivity contribution in [2.75, 3.05) is 6.54 Å². The molecule has 2 aromatic rings. The van der Waals surface area contributed by atoms with E-state index < -0.39 is 0 Å². The van der Waals surface area contributed by atoms with Gasteiger partial charge < -0.3 is 20.9 Å². The van der Waals surface area contributed by atoms with Crippen LogP contribution < -0.4 is 5.73 Å². The summed E-state index contributed by atoms with van der Waals surface area (Å²) in [6, 6.07) is 2.98. The Bertz CT molecular complexity index is 462. The molecule has 14 heavy (non-hydrogen) atoms. The molecule has 4 heteroatoms.